The van der Waals surface area contributed by atoms with E-state index in [1.165, 1.54) is 16.0 Å². The predicted octanol–water partition coefficient (Wildman–Crippen LogP) is 3.84. The van der Waals surface area contributed by atoms with Crippen LogP contribution in [0.2, 0.25) is 0 Å². The molecule has 0 saturated carbocycles. The average Bonchev–Trinajstić information content (AvgIpc) is 3.28. The molecule has 0 N–H and O–H groups in total. The highest BCUT2D eigenvalue weighted by Gasteiger charge is 2.56. The van der Waals surface area contributed by atoms with Crippen LogP contribution >= 0.6 is 0 Å². The quantitative estimate of drug-likeness (QED) is 0.744. The normalized spacial score (nSPS) is 22.6. The molecule has 0 bridgehead atoms. The summed E-state index contributed by atoms with van der Waals surface area (Å²) in [7, 11) is 1.73. The first kappa shape index (κ1) is 20.3. The molecule has 5 rings (SSSR count). The fourth-order valence-electron chi connectivity index (χ4n) is 4.79. The lowest BCUT2D eigenvalue weighted by Gasteiger charge is -2.40. The number of urea groups is 1. The third kappa shape index (κ3) is 2.77. The van der Waals surface area contributed by atoms with Gasteiger partial charge in [-0.25, -0.2) is 9.79 Å². The number of guanidine groups is 1. The Morgan fingerprint density at radius 2 is 1.62 bits per heavy atom. The van der Waals surface area contributed by atoms with E-state index in [1.54, 1.807) is 11.9 Å². The zero-order valence-electron chi connectivity index (χ0n) is 19.0. The Balaban J connectivity index is 1.55. The van der Waals surface area contributed by atoms with Gasteiger partial charge in [-0.05, 0) is 50.5 Å². The molecule has 0 radical (unpaired) electrons. The molecule has 3 amide bonds. The molecule has 0 aliphatic carbocycles. The summed E-state index contributed by atoms with van der Waals surface area (Å²) < 4.78 is 0. The van der Waals surface area contributed by atoms with Crippen molar-refractivity contribution in [2.45, 2.75) is 46.4 Å². The maximum Gasteiger partial charge on any atom is 0.328 e. The SMILES string of the molecule is CC1=C(C)N2C(=NC3C2C(=O)N(Cc2ccccc2)C(=O)N3C)N1c1cccc(C)c1C. The summed E-state index contributed by atoms with van der Waals surface area (Å²) in [6, 6.07) is 14.9. The molecule has 1 fully saturated rings. The minimum atomic E-state index is -0.568. The summed E-state index contributed by atoms with van der Waals surface area (Å²) in [4.78, 5) is 38.7. The summed E-state index contributed by atoms with van der Waals surface area (Å²) in [5, 5.41) is 0. The van der Waals surface area contributed by atoms with Gasteiger partial charge in [-0.3, -0.25) is 19.5 Å². The number of hydrogen-bond donors (Lipinski definition) is 0. The first-order chi connectivity index (χ1) is 15.3. The number of likely N-dealkylation sites (N-methyl/N-ethyl adjacent to an activating group) is 1. The standard InChI is InChI=1S/C25H27N5O2/c1-15-10-9-13-20(16(15)2)29-17(3)18(4)30-21-22(26-24(29)30)27(5)25(32)28(23(21)31)14-19-11-7-6-8-12-19/h6-13,21-22H,14H2,1-5H3. The van der Waals surface area contributed by atoms with Gasteiger partial charge in [-0.2, -0.15) is 0 Å². The van der Waals surface area contributed by atoms with E-state index in [4.69, 9.17) is 4.99 Å². The third-order valence-electron chi connectivity index (χ3n) is 6.89. The molecule has 2 aromatic rings. The molecule has 3 aliphatic rings. The smallest absolute Gasteiger partial charge is 0.302 e. The van der Waals surface area contributed by atoms with Gasteiger partial charge in [0.05, 0.1) is 12.2 Å². The van der Waals surface area contributed by atoms with Crippen LogP contribution in [0.1, 0.15) is 30.5 Å². The van der Waals surface area contributed by atoms with Crippen molar-refractivity contribution in [2.75, 3.05) is 11.9 Å². The molecular weight excluding hydrogens is 402 g/mol. The van der Waals surface area contributed by atoms with Gasteiger partial charge in [0.1, 0.15) is 0 Å². The number of aliphatic imine (C=N–C) groups is 1. The van der Waals surface area contributed by atoms with Crippen LogP contribution in [0.15, 0.2) is 64.9 Å². The Morgan fingerprint density at radius 3 is 2.34 bits per heavy atom. The molecule has 2 unspecified atom stereocenters. The molecule has 2 aromatic carbocycles. The van der Waals surface area contributed by atoms with Gasteiger partial charge >= 0.3 is 6.03 Å². The lowest BCUT2D eigenvalue weighted by molar-refractivity contribution is -0.137. The van der Waals surface area contributed by atoms with E-state index in [0.717, 1.165) is 22.6 Å². The lowest BCUT2D eigenvalue weighted by atomic mass is 10.1. The largest absolute Gasteiger partial charge is 0.328 e. The monoisotopic (exact) mass is 429 g/mol. The molecule has 0 spiro atoms. The van der Waals surface area contributed by atoms with Crippen LogP contribution in [0.4, 0.5) is 10.5 Å². The van der Waals surface area contributed by atoms with E-state index in [2.05, 4.69) is 37.8 Å². The number of hydrogen-bond acceptors (Lipinski definition) is 5. The Labute approximate surface area is 188 Å². The number of rotatable bonds is 3. The number of amides is 3. The first-order valence-corrected chi connectivity index (χ1v) is 10.8. The Hall–Kier alpha value is -3.61. The zero-order valence-corrected chi connectivity index (χ0v) is 19.0. The van der Waals surface area contributed by atoms with Crippen molar-refractivity contribution in [3.63, 3.8) is 0 Å². The molecule has 164 valence electrons. The third-order valence-corrected chi connectivity index (χ3v) is 6.89. The summed E-state index contributed by atoms with van der Waals surface area (Å²) in [6.45, 7) is 8.51. The first-order valence-electron chi connectivity index (χ1n) is 10.8. The molecule has 7 heteroatoms. The van der Waals surface area contributed by atoms with Crippen LogP contribution in [0.3, 0.4) is 0 Å². The second kappa shape index (κ2) is 7.22. The number of anilines is 1. The van der Waals surface area contributed by atoms with E-state index in [-0.39, 0.29) is 18.5 Å². The Kier molecular flexibility index (Phi) is 4.58. The van der Waals surface area contributed by atoms with Gasteiger partial charge in [0.2, 0.25) is 5.96 Å². The van der Waals surface area contributed by atoms with Crippen LogP contribution in [0.25, 0.3) is 0 Å². The molecule has 32 heavy (non-hydrogen) atoms. The second-order valence-electron chi connectivity index (χ2n) is 8.69. The molecule has 3 heterocycles. The van der Waals surface area contributed by atoms with Crippen molar-refractivity contribution >= 4 is 23.6 Å². The van der Waals surface area contributed by atoms with E-state index >= 15 is 0 Å². The molecule has 3 aliphatic heterocycles. The fraction of sp³-hybridized carbons (Fsp3) is 0.320. The number of carbonyl (C=O) groups is 2. The van der Waals surface area contributed by atoms with Crippen molar-refractivity contribution in [3.05, 3.63) is 76.6 Å². The minimum Gasteiger partial charge on any atom is -0.302 e. The van der Waals surface area contributed by atoms with Crippen LogP contribution < -0.4 is 4.90 Å². The summed E-state index contributed by atoms with van der Waals surface area (Å²) in [5.74, 6) is 0.494. The highest BCUT2D eigenvalue weighted by molar-refractivity contribution is 6.10. The molecule has 0 aromatic heterocycles. The fourth-order valence-corrected chi connectivity index (χ4v) is 4.79. The summed E-state index contributed by atoms with van der Waals surface area (Å²) >= 11 is 0. The van der Waals surface area contributed by atoms with Crippen molar-refractivity contribution < 1.29 is 9.59 Å². The van der Waals surface area contributed by atoms with E-state index < -0.39 is 12.2 Å². The highest BCUT2D eigenvalue weighted by atomic mass is 16.2. The number of carbonyl (C=O) groups excluding carboxylic acids is 2. The van der Waals surface area contributed by atoms with Gasteiger partial charge in [0.25, 0.3) is 5.91 Å². The van der Waals surface area contributed by atoms with E-state index in [1.807, 2.05) is 48.2 Å². The minimum absolute atomic E-state index is 0.212. The van der Waals surface area contributed by atoms with Gasteiger partial charge < -0.3 is 4.90 Å². The predicted molar refractivity (Wildman–Crippen MR) is 124 cm³/mol. The number of fused-ring (bicyclic) bond motifs is 3. The molecule has 1 saturated heterocycles. The van der Waals surface area contributed by atoms with E-state index in [9.17, 15) is 9.59 Å². The van der Waals surface area contributed by atoms with Gasteiger partial charge in [0, 0.05) is 18.4 Å². The average molecular weight is 430 g/mol. The van der Waals surface area contributed by atoms with Crippen molar-refractivity contribution in [1.29, 1.82) is 0 Å². The number of imide groups is 1. The van der Waals surface area contributed by atoms with Crippen molar-refractivity contribution in [3.8, 4) is 0 Å². The molecular formula is C25H27N5O2. The maximum absolute atomic E-state index is 13.6. The molecule has 2 atom stereocenters. The number of nitrogens with zero attached hydrogens (tertiary/aromatic N) is 5. The second-order valence-corrected chi connectivity index (χ2v) is 8.69. The van der Waals surface area contributed by atoms with Crippen LogP contribution in [0, 0.1) is 13.8 Å². The van der Waals surface area contributed by atoms with Crippen LogP contribution in [0.5, 0.6) is 0 Å². The van der Waals surface area contributed by atoms with Crippen LogP contribution in [-0.4, -0.2) is 51.9 Å². The number of aryl methyl sites for hydroxylation is 1. The Morgan fingerprint density at radius 1 is 0.906 bits per heavy atom. The maximum atomic E-state index is 13.6. The van der Waals surface area contributed by atoms with Crippen LogP contribution in [-0.2, 0) is 11.3 Å². The van der Waals surface area contributed by atoms with E-state index in [0.29, 0.717) is 5.96 Å². The topological polar surface area (TPSA) is 59.5 Å². The summed E-state index contributed by atoms with van der Waals surface area (Å²) in [6.07, 6.45) is -0.548. The lowest BCUT2D eigenvalue weighted by Crippen LogP contribution is -2.64. The van der Waals surface area contributed by atoms with Crippen molar-refractivity contribution in [1.82, 2.24) is 14.7 Å². The van der Waals surface area contributed by atoms with Gasteiger partial charge in [0.15, 0.2) is 12.2 Å². The number of allylic oxidation sites excluding steroid dienone is 2. The van der Waals surface area contributed by atoms with Gasteiger partial charge in [-0.15, -0.1) is 0 Å². The number of benzene rings is 2. The van der Waals surface area contributed by atoms with Gasteiger partial charge in [-0.1, -0.05) is 42.5 Å². The summed E-state index contributed by atoms with van der Waals surface area (Å²) in [5.41, 5.74) is 6.34. The van der Waals surface area contributed by atoms with Crippen molar-refractivity contribution in [2.24, 2.45) is 4.99 Å². The zero-order chi connectivity index (χ0) is 22.7. The molecule has 7 nitrogen and oxygen atoms in total. The highest BCUT2D eigenvalue weighted by Crippen LogP contribution is 2.41. The Bertz CT molecular complexity index is 1190.